The average Bonchev–Trinajstić information content (AvgIpc) is 3.25. The number of aromatic carboxylic acids is 1. The molecule has 1 aromatic heterocycles. The summed E-state index contributed by atoms with van der Waals surface area (Å²) in [6, 6.07) is 6.28. The molecule has 4 rings (SSSR count). The summed E-state index contributed by atoms with van der Waals surface area (Å²) < 4.78 is 17.9. The number of hydrogen-bond acceptors (Lipinski definition) is 7. The standard InChI is InChI=1S/C16H15N3O6/c20-12-5-13(14-8-24-16(12)25-14)23-7-10-6-19(18-17-10)11-3-1-9(2-4-11)15(21)22/h1-4,6,13-14,16H,5,7-8H2,(H,21,22)/t13-,14+,16+/m0/s1. The SMILES string of the molecule is O=C(O)c1ccc(-n2cc(CO[C@H]3CC(=O)[C@@H]4OC[C@H]3O4)nn2)cc1. The van der Waals surface area contributed by atoms with Crippen LogP contribution >= 0.6 is 0 Å². The zero-order chi connectivity index (χ0) is 17.4. The van der Waals surface area contributed by atoms with E-state index in [1.807, 2.05) is 0 Å². The summed E-state index contributed by atoms with van der Waals surface area (Å²) in [7, 11) is 0. The van der Waals surface area contributed by atoms with Crippen LogP contribution in [0.3, 0.4) is 0 Å². The van der Waals surface area contributed by atoms with Gasteiger partial charge in [0.15, 0.2) is 5.78 Å². The Morgan fingerprint density at radius 3 is 2.92 bits per heavy atom. The number of carboxylic acid groups (broad SMARTS) is 1. The van der Waals surface area contributed by atoms with Crippen molar-refractivity contribution in [3.05, 3.63) is 41.7 Å². The number of rotatable bonds is 5. The van der Waals surface area contributed by atoms with E-state index < -0.39 is 12.3 Å². The summed E-state index contributed by atoms with van der Waals surface area (Å²) in [5, 5.41) is 16.9. The van der Waals surface area contributed by atoms with Crippen LogP contribution in [0.1, 0.15) is 22.5 Å². The number of Topliss-reactive ketones (excluding diaryl/α,β-unsaturated/α-hetero) is 1. The molecule has 25 heavy (non-hydrogen) atoms. The van der Waals surface area contributed by atoms with Gasteiger partial charge < -0.3 is 19.3 Å². The maximum absolute atomic E-state index is 11.7. The molecule has 0 aliphatic carbocycles. The summed E-state index contributed by atoms with van der Waals surface area (Å²) in [5.41, 5.74) is 1.48. The van der Waals surface area contributed by atoms with E-state index in [0.717, 1.165) is 0 Å². The molecule has 9 nitrogen and oxygen atoms in total. The van der Waals surface area contributed by atoms with Crippen LogP contribution < -0.4 is 0 Å². The minimum Gasteiger partial charge on any atom is -0.478 e. The molecule has 9 heteroatoms. The lowest BCUT2D eigenvalue weighted by Crippen LogP contribution is -2.40. The van der Waals surface area contributed by atoms with Gasteiger partial charge in [0.05, 0.1) is 36.8 Å². The van der Waals surface area contributed by atoms with E-state index in [4.69, 9.17) is 19.3 Å². The number of aromatic nitrogens is 3. The number of fused-ring (bicyclic) bond motifs is 2. The Balaban J connectivity index is 1.40. The van der Waals surface area contributed by atoms with Crippen molar-refractivity contribution in [3.8, 4) is 5.69 Å². The second-order valence-corrected chi connectivity index (χ2v) is 5.87. The van der Waals surface area contributed by atoms with Gasteiger partial charge >= 0.3 is 5.97 Å². The van der Waals surface area contributed by atoms with Crippen LogP contribution in [0.15, 0.2) is 30.5 Å². The molecule has 2 aliphatic rings. The monoisotopic (exact) mass is 345 g/mol. The van der Waals surface area contributed by atoms with Crippen molar-refractivity contribution in [2.75, 3.05) is 6.61 Å². The number of carbonyl (C=O) groups excluding carboxylic acids is 1. The Labute approximate surface area is 142 Å². The fraction of sp³-hybridized carbons (Fsp3) is 0.375. The molecule has 0 saturated carbocycles. The van der Waals surface area contributed by atoms with Crippen molar-refractivity contribution in [2.45, 2.75) is 31.5 Å². The van der Waals surface area contributed by atoms with E-state index in [-0.39, 0.29) is 36.6 Å². The molecular formula is C16H15N3O6. The Morgan fingerprint density at radius 2 is 2.16 bits per heavy atom. The molecule has 1 N–H and O–H groups in total. The van der Waals surface area contributed by atoms with Crippen molar-refractivity contribution in [1.29, 1.82) is 0 Å². The van der Waals surface area contributed by atoms with E-state index in [1.54, 1.807) is 18.3 Å². The smallest absolute Gasteiger partial charge is 0.335 e. The topological polar surface area (TPSA) is 113 Å². The highest BCUT2D eigenvalue weighted by Crippen LogP contribution is 2.27. The van der Waals surface area contributed by atoms with Crippen LogP contribution in [0, 0.1) is 0 Å². The maximum atomic E-state index is 11.7. The quantitative estimate of drug-likeness (QED) is 0.837. The van der Waals surface area contributed by atoms with Gasteiger partial charge in [0.25, 0.3) is 0 Å². The van der Waals surface area contributed by atoms with Crippen molar-refractivity contribution in [3.63, 3.8) is 0 Å². The first-order valence-corrected chi connectivity index (χ1v) is 7.76. The normalized spacial score (nSPS) is 25.3. The molecular weight excluding hydrogens is 330 g/mol. The third kappa shape index (κ3) is 3.16. The van der Waals surface area contributed by atoms with Gasteiger partial charge in [0, 0.05) is 6.42 Å². The van der Waals surface area contributed by atoms with Crippen molar-refractivity contribution < 1.29 is 28.9 Å². The molecule has 3 atom stereocenters. The lowest BCUT2D eigenvalue weighted by atomic mass is 10.1. The van der Waals surface area contributed by atoms with Gasteiger partial charge in [-0.3, -0.25) is 4.79 Å². The molecule has 2 aliphatic heterocycles. The van der Waals surface area contributed by atoms with E-state index >= 15 is 0 Å². The number of ketones is 1. The van der Waals surface area contributed by atoms with Crippen LogP contribution in [0.5, 0.6) is 0 Å². The lowest BCUT2D eigenvalue weighted by molar-refractivity contribution is -0.168. The summed E-state index contributed by atoms with van der Waals surface area (Å²) in [4.78, 5) is 22.6. The average molecular weight is 345 g/mol. The molecule has 2 saturated heterocycles. The molecule has 2 bridgehead atoms. The van der Waals surface area contributed by atoms with Gasteiger partial charge in [-0.1, -0.05) is 5.21 Å². The molecule has 3 heterocycles. The van der Waals surface area contributed by atoms with E-state index in [9.17, 15) is 9.59 Å². The number of carboxylic acids is 1. The van der Waals surface area contributed by atoms with Gasteiger partial charge in [-0.2, -0.15) is 0 Å². The van der Waals surface area contributed by atoms with Gasteiger partial charge in [0.2, 0.25) is 6.29 Å². The first-order chi connectivity index (χ1) is 12.1. The van der Waals surface area contributed by atoms with Gasteiger partial charge in [0.1, 0.15) is 11.8 Å². The van der Waals surface area contributed by atoms with Crippen LogP contribution in [-0.2, 0) is 25.6 Å². The second-order valence-electron chi connectivity index (χ2n) is 5.87. The highest BCUT2D eigenvalue weighted by atomic mass is 16.7. The molecule has 2 aromatic rings. The zero-order valence-corrected chi connectivity index (χ0v) is 13.1. The third-order valence-electron chi connectivity index (χ3n) is 4.16. The molecule has 0 unspecified atom stereocenters. The van der Waals surface area contributed by atoms with Crippen LogP contribution in [-0.4, -0.2) is 57.0 Å². The fourth-order valence-electron chi connectivity index (χ4n) is 2.82. The molecule has 0 amide bonds. The van der Waals surface area contributed by atoms with E-state index in [0.29, 0.717) is 18.0 Å². The summed E-state index contributed by atoms with van der Waals surface area (Å²) in [5.74, 6) is -1.09. The maximum Gasteiger partial charge on any atom is 0.335 e. The van der Waals surface area contributed by atoms with Crippen molar-refractivity contribution in [2.24, 2.45) is 0 Å². The van der Waals surface area contributed by atoms with Crippen LogP contribution in [0.2, 0.25) is 0 Å². The summed E-state index contributed by atoms with van der Waals surface area (Å²) in [6.07, 6.45) is 0.627. The Morgan fingerprint density at radius 1 is 1.36 bits per heavy atom. The minimum absolute atomic E-state index is 0.110. The third-order valence-corrected chi connectivity index (χ3v) is 4.16. The summed E-state index contributed by atoms with van der Waals surface area (Å²) in [6.45, 7) is 0.541. The minimum atomic E-state index is -0.985. The molecule has 1 aromatic carbocycles. The molecule has 0 radical (unpaired) electrons. The van der Waals surface area contributed by atoms with Gasteiger partial charge in [-0.15, -0.1) is 5.10 Å². The summed E-state index contributed by atoms with van der Waals surface area (Å²) >= 11 is 0. The number of hydrogen-bond donors (Lipinski definition) is 1. The molecule has 2 fully saturated rings. The van der Waals surface area contributed by atoms with Crippen LogP contribution in [0.25, 0.3) is 5.69 Å². The fourth-order valence-corrected chi connectivity index (χ4v) is 2.82. The Hall–Kier alpha value is -2.62. The highest BCUT2D eigenvalue weighted by Gasteiger charge is 2.43. The lowest BCUT2D eigenvalue weighted by Gasteiger charge is -2.25. The van der Waals surface area contributed by atoms with E-state index in [1.165, 1.54) is 16.8 Å². The van der Waals surface area contributed by atoms with Crippen molar-refractivity contribution >= 4 is 11.8 Å². The molecule has 130 valence electrons. The number of ether oxygens (including phenoxy) is 3. The van der Waals surface area contributed by atoms with Crippen molar-refractivity contribution in [1.82, 2.24) is 15.0 Å². The molecule has 0 spiro atoms. The van der Waals surface area contributed by atoms with Crippen LogP contribution in [0.4, 0.5) is 0 Å². The second kappa shape index (κ2) is 6.36. The number of carbonyl (C=O) groups is 2. The Kier molecular flexibility index (Phi) is 4.04. The predicted molar refractivity (Wildman–Crippen MR) is 81.1 cm³/mol. The predicted octanol–water partition coefficient (Wildman–Crippen LogP) is 0.565. The number of nitrogens with zero attached hydrogens (tertiary/aromatic N) is 3. The number of benzene rings is 1. The largest absolute Gasteiger partial charge is 0.478 e. The first kappa shape index (κ1) is 15.9. The van der Waals surface area contributed by atoms with Gasteiger partial charge in [-0.05, 0) is 24.3 Å². The zero-order valence-electron chi connectivity index (χ0n) is 13.1. The van der Waals surface area contributed by atoms with Gasteiger partial charge in [-0.25, -0.2) is 9.48 Å². The first-order valence-electron chi connectivity index (χ1n) is 7.76. The Bertz CT molecular complexity index is 802. The van der Waals surface area contributed by atoms with E-state index in [2.05, 4.69) is 10.3 Å². The highest BCUT2D eigenvalue weighted by molar-refractivity contribution is 5.87.